The van der Waals surface area contributed by atoms with Crippen molar-refractivity contribution in [2.45, 2.75) is 18.2 Å². The number of carboxylic acid groups (broad SMARTS) is 1. The van der Waals surface area contributed by atoms with Gasteiger partial charge in [-0.3, -0.25) is 9.59 Å². The lowest BCUT2D eigenvalue weighted by Crippen LogP contribution is -2.50. The average molecular weight is 201 g/mol. The number of nitrogens with two attached hydrogens (primary N) is 1. The molecule has 0 spiro atoms. The number of hydrogen-bond acceptors (Lipinski definition) is 5. The van der Waals surface area contributed by atoms with Crippen LogP contribution in [-0.2, 0) is 9.59 Å². The van der Waals surface area contributed by atoms with Gasteiger partial charge in [0.15, 0.2) is 6.29 Å². The third-order valence-electron chi connectivity index (χ3n) is 3.25. The van der Waals surface area contributed by atoms with Gasteiger partial charge in [0.25, 0.3) is 0 Å². The maximum absolute atomic E-state index is 11.3. The Morgan fingerprint density at radius 3 is 2.50 bits per heavy atom. The second-order valence-corrected chi connectivity index (χ2v) is 4.03. The highest BCUT2D eigenvalue weighted by molar-refractivity contribution is 5.98. The molecule has 6 heteroatoms. The molecule has 0 bridgehead atoms. The first-order chi connectivity index (χ1) is 6.39. The fraction of sp³-hybridized carbons (Fsp3) is 0.750. The van der Waals surface area contributed by atoms with Crippen molar-refractivity contribution in [3.8, 4) is 0 Å². The number of aliphatic hydroxyl groups is 2. The van der Waals surface area contributed by atoms with Gasteiger partial charge < -0.3 is 21.1 Å². The van der Waals surface area contributed by atoms with Crippen LogP contribution in [0.4, 0.5) is 0 Å². The van der Waals surface area contributed by atoms with Gasteiger partial charge in [-0.25, -0.2) is 0 Å². The lowest BCUT2D eigenvalue weighted by atomic mass is 9.91. The highest BCUT2D eigenvalue weighted by atomic mass is 16.5. The van der Waals surface area contributed by atoms with Crippen LogP contribution in [0.5, 0.6) is 0 Å². The summed E-state index contributed by atoms with van der Waals surface area (Å²) in [6.07, 6.45) is -1.86. The summed E-state index contributed by atoms with van der Waals surface area (Å²) in [5.74, 6) is -3.42. The fourth-order valence-corrected chi connectivity index (χ4v) is 2.53. The van der Waals surface area contributed by atoms with E-state index in [0.717, 1.165) is 0 Å². The Bertz CT molecular complexity index is 315. The minimum absolute atomic E-state index is 0.207. The molecule has 0 saturated heterocycles. The monoisotopic (exact) mass is 201 g/mol. The van der Waals surface area contributed by atoms with Gasteiger partial charge in [0.2, 0.25) is 0 Å². The van der Waals surface area contributed by atoms with Crippen LogP contribution in [0, 0.1) is 17.8 Å². The molecule has 2 fully saturated rings. The number of Topliss-reactive ketones (excluding diaryl/α,β-unsaturated/α-hetero) is 1. The highest BCUT2D eigenvalue weighted by Gasteiger charge is 2.73. The maximum Gasteiger partial charge on any atom is 0.324 e. The van der Waals surface area contributed by atoms with E-state index in [2.05, 4.69) is 0 Å². The molecule has 0 radical (unpaired) electrons. The third kappa shape index (κ3) is 0.956. The first-order valence-corrected chi connectivity index (χ1v) is 4.30. The van der Waals surface area contributed by atoms with Gasteiger partial charge in [-0.15, -0.1) is 0 Å². The molecule has 0 amide bonds. The molecule has 4 unspecified atom stereocenters. The predicted octanol–water partition coefficient (Wildman–Crippen LogP) is -2.09. The van der Waals surface area contributed by atoms with Crippen LogP contribution in [0.25, 0.3) is 0 Å². The normalized spacial score (nSPS) is 45.4. The van der Waals surface area contributed by atoms with E-state index in [1.807, 2.05) is 0 Å². The number of hydrogen-bond donors (Lipinski definition) is 4. The summed E-state index contributed by atoms with van der Waals surface area (Å²) in [7, 11) is 0. The molecule has 0 aromatic heterocycles. The zero-order chi connectivity index (χ0) is 10.7. The van der Waals surface area contributed by atoms with Crippen molar-refractivity contribution >= 4 is 11.8 Å². The minimum Gasteiger partial charge on any atom is -0.480 e. The van der Waals surface area contributed by atoms with Gasteiger partial charge in [-0.2, -0.15) is 0 Å². The number of rotatable bonds is 2. The van der Waals surface area contributed by atoms with Crippen molar-refractivity contribution in [1.29, 1.82) is 0 Å². The van der Waals surface area contributed by atoms with Gasteiger partial charge in [-0.05, 0) is 0 Å². The minimum atomic E-state index is -1.66. The zero-order valence-electron chi connectivity index (χ0n) is 7.25. The molecule has 0 aromatic carbocycles. The summed E-state index contributed by atoms with van der Waals surface area (Å²) in [6.45, 7) is 0. The summed E-state index contributed by atoms with van der Waals surface area (Å²) in [5, 5.41) is 26.6. The van der Waals surface area contributed by atoms with Gasteiger partial charge in [0.05, 0.1) is 0 Å². The van der Waals surface area contributed by atoms with Crippen molar-refractivity contribution in [3.63, 3.8) is 0 Å². The van der Waals surface area contributed by atoms with Crippen LogP contribution in [0.2, 0.25) is 0 Å². The molecule has 2 saturated carbocycles. The van der Waals surface area contributed by atoms with E-state index >= 15 is 0 Å². The number of carboxylic acids is 1. The van der Waals surface area contributed by atoms with Crippen molar-refractivity contribution < 1.29 is 24.9 Å². The Labute approximate surface area is 79.3 Å². The van der Waals surface area contributed by atoms with E-state index in [4.69, 9.17) is 21.1 Å². The number of carbonyl (C=O) groups is 2. The number of aliphatic hydroxyl groups excluding tert-OH is 1. The molecule has 0 aromatic rings. The molecular weight excluding hydrogens is 190 g/mol. The van der Waals surface area contributed by atoms with E-state index in [1.165, 1.54) is 0 Å². The van der Waals surface area contributed by atoms with Gasteiger partial charge in [-0.1, -0.05) is 0 Å². The molecule has 4 atom stereocenters. The molecule has 2 aliphatic carbocycles. The van der Waals surface area contributed by atoms with E-state index in [9.17, 15) is 9.59 Å². The quantitative estimate of drug-likeness (QED) is 0.380. The standard InChI is InChI=1S/C8H11NO5/c9-8(7(13)14)1-2(10)3-4(5(3)8)6(11)12/h3-6,11-12H,1,9H2,(H,13,14). The lowest BCUT2D eigenvalue weighted by molar-refractivity contribution is -0.146. The number of aliphatic carboxylic acids is 1. The lowest BCUT2D eigenvalue weighted by Gasteiger charge is -2.21. The summed E-state index contributed by atoms with van der Waals surface area (Å²) >= 11 is 0. The average Bonchev–Trinajstić information content (AvgIpc) is 2.72. The Balaban J connectivity index is 2.27. The summed E-state index contributed by atoms with van der Waals surface area (Å²) < 4.78 is 0. The zero-order valence-corrected chi connectivity index (χ0v) is 7.25. The van der Waals surface area contributed by atoms with Crippen LogP contribution in [-0.4, -0.2) is 38.9 Å². The first kappa shape index (κ1) is 9.57. The van der Waals surface area contributed by atoms with E-state index in [1.54, 1.807) is 0 Å². The number of fused-ring (bicyclic) bond motifs is 1. The smallest absolute Gasteiger partial charge is 0.324 e. The van der Waals surface area contributed by atoms with Gasteiger partial charge in [0, 0.05) is 24.2 Å². The summed E-state index contributed by atoms with van der Waals surface area (Å²) in [6, 6.07) is 0. The molecule has 6 nitrogen and oxygen atoms in total. The third-order valence-corrected chi connectivity index (χ3v) is 3.25. The highest BCUT2D eigenvalue weighted by Crippen LogP contribution is 2.60. The van der Waals surface area contributed by atoms with Crippen LogP contribution in [0.1, 0.15) is 6.42 Å². The van der Waals surface area contributed by atoms with E-state index in [-0.39, 0.29) is 12.2 Å². The molecule has 0 aliphatic heterocycles. The molecule has 5 N–H and O–H groups in total. The fourth-order valence-electron chi connectivity index (χ4n) is 2.53. The Kier molecular flexibility index (Phi) is 1.73. The molecule has 14 heavy (non-hydrogen) atoms. The molecule has 2 rings (SSSR count). The Morgan fingerprint density at radius 1 is 1.57 bits per heavy atom. The van der Waals surface area contributed by atoms with Crippen LogP contribution in [0.15, 0.2) is 0 Å². The SMILES string of the molecule is NC1(C(=O)O)CC(=O)C2C(C(O)O)C21. The number of ketones is 1. The summed E-state index contributed by atoms with van der Waals surface area (Å²) in [5.41, 5.74) is 3.96. The second-order valence-electron chi connectivity index (χ2n) is 4.03. The van der Waals surface area contributed by atoms with Crippen molar-refractivity contribution in [2.24, 2.45) is 23.5 Å². The molecule has 78 valence electrons. The topological polar surface area (TPSA) is 121 Å². The van der Waals surface area contributed by atoms with Crippen LogP contribution >= 0.6 is 0 Å². The van der Waals surface area contributed by atoms with Gasteiger partial charge >= 0.3 is 5.97 Å². The van der Waals surface area contributed by atoms with E-state index < -0.39 is 35.6 Å². The Morgan fingerprint density at radius 2 is 2.14 bits per heavy atom. The predicted molar refractivity (Wildman–Crippen MR) is 42.9 cm³/mol. The maximum atomic E-state index is 11.3. The van der Waals surface area contributed by atoms with Crippen molar-refractivity contribution in [2.75, 3.05) is 0 Å². The van der Waals surface area contributed by atoms with Crippen LogP contribution < -0.4 is 5.73 Å². The van der Waals surface area contributed by atoms with Crippen molar-refractivity contribution in [1.82, 2.24) is 0 Å². The molecular formula is C8H11NO5. The van der Waals surface area contributed by atoms with Gasteiger partial charge in [0.1, 0.15) is 11.3 Å². The Hall–Kier alpha value is -0.980. The van der Waals surface area contributed by atoms with Crippen molar-refractivity contribution in [3.05, 3.63) is 0 Å². The second kappa shape index (κ2) is 2.53. The summed E-state index contributed by atoms with van der Waals surface area (Å²) in [4.78, 5) is 22.1. The van der Waals surface area contributed by atoms with E-state index in [0.29, 0.717) is 0 Å². The number of carbonyl (C=O) groups excluding carboxylic acids is 1. The first-order valence-electron chi connectivity index (χ1n) is 4.30. The van der Waals surface area contributed by atoms with Crippen LogP contribution in [0.3, 0.4) is 0 Å². The molecule has 0 heterocycles. The molecule has 2 aliphatic rings. The largest absolute Gasteiger partial charge is 0.480 e.